The molecule has 0 amide bonds. The molecule has 2 N–H and O–H groups in total. The van der Waals surface area contributed by atoms with Crippen molar-refractivity contribution in [3.05, 3.63) is 47.6 Å². The Balaban J connectivity index is 2.26. The lowest BCUT2D eigenvalue weighted by Gasteiger charge is -2.38. The Morgan fingerprint density at radius 1 is 1.35 bits per heavy atom. The molecule has 0 bridgehead atoms. The van der Waals surface area contributed by atoms with Gasteiger partial charge in [0.25, 0.3) is 0 Å². The van der Waals surface area contributed by atoms with Crippen molar-refractivity contribution < 1.29 is 14.9 Å². The largest absolute Gasteiger partial charge is 0.386 e. The van der Waals surface area contributed by atoms with Crippen LogP contribution in [0.1, 0.15) is 46.5 Å². The minimum absolute atomic E-state index is 0.0372. The smallest absolute Gasteiger partial charge is 0.162 e. The second kappa shape index (κ2) is 7.61. The molecule has 0 aromatic heterocycles. The van der Waals surface area contributed by atoms with Gasteiger partial charge in [-0.25, -0.2) is 0 Å². The van der Waals surface area contributed by atoms with E-state index in [4.69, 9.17) is 4.74 Å². The first-order valence-corrected chi connectivity index (χ1v) is 8.51. The van der Waals surface area contributed by atoms with Crippen molar-refractivity contribution in [3.8, 4) is 0 Å². The van der Waals surface area contributed by atoms with Gasteiger partial charge in [-0.2, -0.15) is 0 Å². The van der Waals surface area contributed by atoms with Gasteiger partial charge in [0, 0.05) is 5.92 Å². The molecule has 0 radical (unpaired) electrons. The molecule has 1 saturated heterocycles. The standard InChI is InChI=1S/C20H30O3/c1-14-7-5-8-15(2)18-17(11-10-14)16(13-23-19(18)21)9-6-12-20(3,4)22/h6-7,9,12,17-19,21-22H,2,5,8,10-11,13H2,1,3-4H3/b12-6+,14-7+,16-9-/t17-,18+,19+/m1/s1. The highest BCUT2D eigenvalue weighted by Crippen LogP contribution is 2.40. The van der Waals surface area contributed by atoms with E-state index in [1.807, 2.05) is 12.2 Å². The fraction of sp³-hybridized carbons (Fsp3) is 0.600. The van der Waals surface area contributed by atoms with Crippen molar-refractivity contribution in [3.63, 3.8) is 0 Å². The van der Waals surface area contributed by atoms with Crippen LogP contribution in [0.3, 0.4) is 0 Å². The molecule has 3 nitrogen and oxygen atoms in total. The molecule has 2 rings (SSSR count). The highest BCUT2D eigenvalue weighted by Gasteiger charge is 2.37. The molecule has 23 heavy (non-hydrogen) atoms. The van der Waals surface area contributed by atoms with E-state index in [9.17, 15) is 10.2 Å². The number of hydrogen-bond acceptors (Lipinski definition) is 3. The van der Waals surface area contributed by atoms with E-state index in [1.165, 1.54) is 11.1 Å². The lowest BCUT2D eigenvalue weighted by molar-refractivity contribution is -0.149. The van der Waals surface area contributed by atoms with Crippen molar-refractivity contribution >= 4 is 0 Å². The molecule has 1 heterocycles. The van der Waals surface area contributed by atoms with Crippen LogP contribution in [0.2, 0.25) is 0 Å². The number of ether oxygens (including phenoxy) is 1. The zero-order valence-electron chi connectivity index (χ0n) is 14.6. The molecule has 0 aromatic rings. The van der Waals surface area contributed by atoms with E-state index < -0.39 is 11.9 Å². The van der Waals surface area contributed by atoms with E-state index in [0.717, 1.165) is 31.3 Å². The van der Waals surface area contributed by atoms with Crippen LogP contribution in [0.25, 0.3) is 0 Å². The lowest BCUT2D eigenvalue weighted by atomic mass is 9.75. The summed E-state index contributed by atoms with van der Waals surface area (Å²) in [6.45, 7) is 10.3. The van der Waals surface area contributed by atoms with Gasteiger partial charge in [-0.15, -0.1) is 0 Å². The molecule has 1 fully saturated rings. The van der Waals surface area contributed by atoms with Gasteiger partial charge in [0.2, 0.25) is 0 Å². The maximum absolute atomic E-state index is 10.3. The number of rotatable bonds is 2. The van der Waals surface area contributed by atoms with Gasteiger partial charge in [0.1, 0.15) is 0 Å². The number of aliphatic hydroxyl groups is 2. The van der Waals surface area contributed by atoms with Crippen LogP contribution in [0.15, 0.2) is 47.6 Å². The molecule has 0 unspecified atom stereocenters. The number of fused-ring (bicyclic) bond motifs is 1. The maximum atomic E-state index is 10.3. The average Bonchev–Trinajstić information content (AvgIpc) is 2.51. The fourth-order valence-electron chi connectivity index (χ4n) is 3.41. The highest BCUT2D eigenvalue weighted by molar-refractivity contribution is 5.25. The Morgan fingerprint density at radius 3 is 2.78 bits per heavy atom. The van der Waals surface area contributed by atoms with Gasteiger partial charge >= 0.3 is 0 Å². The number of allylic oxidation sites excluding steroid dienone is 4. The zero-order valence-corrected chi connectivity index (χ0v) is 14.6. The fourth-order valence-corrected chi connectivity index (χ4v) is 3.41. The quantitative estimate of drug-likeness (QED) is 0.759. The summed E-state index contributed by atoms with van der Waals surface area (Å²) < 4.78 is 5.59. The Morgan fingerprint density at radius 2 is 2.09 bits per heavy atom. The third-order valence-electron chi connectivity index (χ3n) is 4.73. The average molecular weight is 318 g/mol. The van der Waals surface area contributed by atoms with Gasteiger partial charge in [-0.05, 0) is 57.9 Å². The SMILES string of the molecule is C=C1CC/C=C(\C)CC[C@@H]2/C(=C\C=C\C(C)(C)O)CO[C@H](O)[C@@H]12. The van der Waals surface area contributed by atoms with Gasteiger partial charge < -0.3 is 14.9 Å². The van der Waals surface area contributed by atoms with E-state index in [0.29, 0.717) is 6.61 Å². The molecule has 3 atom stereocenters. The van der Waals surface area contributed by atoms with E-state index in [2.05, 4.69) is 19.6 Å². The number of aliphatic hydroxyl groups excluding tert-OH is 1. The van der Waals surface area contributed by atoms with Crippen LogP contribution in [0.5, 0.6) is 0 Å². The summed E-state index contributed by atoms with van der Waals surface area (Å²) in [5.41, 5.74) is 2.83. The van der Waals surface area contributed by atoms with E-state index in [1.54, 1.807) is 19.9 Å². The molecular weight excluding hydrogens is 288 g/mol. The summed E-state index contributed by atoms with van der Waals surface area (Å²) in [7, 11) is 0. The molecule has 128 valence electrons. The predicted octanol–water partition coefficient (Wildman–Crippen LogP) is 3.90. The van der Waals surface area contributed by atoms with Gasteiger partial charge in [0.15, 0.2) is 6.29 Å². The Kier molecular flexibility index (Phi) is 6.01. The van der Waals surface area contributed by atoms with Crippen molar-refractivity contribution in [2.24, 2.45) is 11.8 Å². The Bertz CT molecular complexity index is 519. The van der Waals surface area contributed by atoms with E-state index in [-0.39, 0.29) is 11.8 Å². The zero-order chi connectivity index (χ0) is 17.0. The molecule has 1 aliphatic carbocycles. The summed E-state index contributed by atoms with van der Waals surface area (Å²) in [5, 5.41) is 20.1. The number of hydrogen-bond donors (Lipinski definition) is 2. The van der Waals surface area contributed by atoms with Crippen LogP contribution in [0, 0.1) is 11.8 Å². The van der Waals surface area contributed by atoms with Gasteiger partial charge in [-0.3, -0.25) is 0 Å². The van der Waals surface area contributed by atoms with Crippen LogP contribution in [0.4, 0.5) is 0 Å². The molecule has 1 aliphatic heterocycles. The predicted molar refractivity (Wildman–Crippen MR) is 93.8 cm³/mol. The normalized spacial score (nSPS) is 34.5. The monoisotopic (exact) mass is 318 g/mol. The first-order chi connectivity index (χ1) is 10.8. The van der Waals surface area contributed by atoms with Crippen LogP contribution < -0.4 is 0 Å². The molecular formula is C20H30O3. The lowest BCUT2D eigenvalue weighted by Crippen LogP contribution is -2.39. The van der Waals surface area contributed by atoms with Gasteiger partial charge in [0.05, 0.1) is 12.2 Å². The summed E-state index contributed by atoms with van der Waals surface area (Å²) in [5.74, 6) is 0.212. The van der Waals surface area contributed by atoms with Crippen molar-refractivity contribution in [2.75, 3.05) is 6.61 Å². The molecule has 2 aliphatic rings. The summed E-state index contributed by atoms with van der Waals surface area (Å²) in [6.07, 6.45) is 11.1. The molecule has 3 heteroatoms. The second-order valence-electron chi connectivity index (χ2n) is 7.37. The summed E-state index contributed by atoms with van der Waals surface area (Å²) in [6, 6.07) is 0. The van der Waals surface area contributed by atoms with Crippen LogP contribution in [-0.2, 0) is 4.74 Å². The van der Waals surface area contributed by atoms with Crippen LogP contribution in [-0.4, -0.2) is 28.7 Å². The van der Waals surface area contributed by atoms with Crippen molar-refractivity contribution in [1.82, 2.24) is 0 Å². The second-order valence-corrected chi connectivity index (χ2v) is 7.37. The first kappa shape index (κ1) is 18.2. The molecule has 0 saturated carbocycles. The Labute approximate surface area is 140 Å². The van der Waals surface area contributed by atoms with Gasteiger partial charge in [-0.1, -0.05) is 42.0 Å². The maximum Gasteiger partial charge on any atom is 0.162 e. The Hall–Kier alpha value is -1.16. The summed E-state index contributed by atoms with van der Waals surface area (Å²) in [4.78, 5) is 0. The first-order valence-electron chi connectivity index (χ1n) is 8.51. The molecule has 0 spiro atoms. The highest BCUT2D eigenvalue weighted by atomic mass is 16.6. The van der Waals surface area contributed by atoms with Crippen molar-refractivity contribution in [1.29, 1.82) is 0 Å². The van der Waals surface area contributed by atoms with E-state index >= 15 is 0 Å². The van der Waals surface area contributed by atoms with Crippen molar-refractivity contribution in [2.45, 2.75) is 58.3 Å². The minimum Gasteiger partial charge on any atom is -0.386 e. The van der Waals surface area contributed by atoms with Crippen LogP contribution >= 0.6 is 0 Å². The molecule has 0 aromatic carbocycles. The topological polar surface area (TPSA) is 49.7 Å². The third kappa shape index (κ3) is 5.17. The third-order valence-corrected chi connectivity index (χ3v) is 4.73. The summed E-state index contributed by atoms with van der Waals surface area (Å²) >= 11 is 0. The minimum atomic E-state index is -0.827.